The highest BCUT2D eigenvalue weighted by Gasteiger charge is 2.40. The largest absolute Gasteiger partial charge is 0.368 e. The second-order valence-electron chi connectivity index (χ2n) is 5.91. The van der Waals surface area contributed by atoms with Crippen LogP contribution in [0.1, 0.15) is 24.8 Å². The molecular weight excluding hydrogens is 374 g/mol. The summed E-state index contributed by atoms with van der Waals surface area (Å²) in [7, 11) is 0. The first-order valence-corrected chi connectivity index (χ1v) is 8.42. The minimum Gasteiger partial charge on any atom is -0.368 e. The molecule has 3 amide bonds. The van der Waals surface area contributed by atoms with Gasteiger partial charge in [0.1, 0.15) is 6.54 Å². The molecule has 126 valence electrons. The average Bonchev–Trinajstić information content (AvgIpc) is 2.90. The molecule has 7 nitrogen and oxygen atoms in total. The molecule has 1 fully saturated rings. The Morgan fingerprint density at radius 3 is 2.58 bits per heavy atom. The quantitative estimate of drug-likeness (QED) is 0.728. The number of anilines is 1. The lowest BCUT2D eigenvalue weighted by atomic mass is 9.72. The van der Waals surface area contributed by atoms with Crippen LogP contribution in [0, 0.1) is 0 Å². The van der Waals surface area contributed by atoms with E-state index in [2.05, 4.69) is 31.7 Å². The highest BCUT2D eigenvalue weighted by molar-refractivity contribution is 9.10. The minimum atomic E-state index is -0.488. The number of hydrogen-bond acceptors (Lipinski definition) is 3. The van der Waals surface area contributed by atoms with E-state index in [4.69, 9.17) is 5.73 Å². The molecule has 1 aliphatic rings. The molecule has 2 aromatic rings. The molecule has 0 spiro atoms. The Hall–Kier alpha value is -2.35. The number of urea groups is 1. The first-order valence-electron chi connectivity index (χ1n) is 7.63. The number of primary amides is 1. The van der Waals surface area contributed by atoms with Gasteiger partial charge in [-0.2, -0.15) is 5.10 Å². The molecule has 1 heterocycles. The van der Waals surface area contributed by atoms with Crippen LogP contribution in [0.4, 0.5) is 10.5 Å². The van der Waals surface area contributed by atoms with Gasteiger partial charge in [-0.05, 0) is 37.0 Å². The number of nitrogens with zero attached hydrogens (tertiary/aromatic N) is 2. The molecule has 8 heteroatoms. The van der Waals surface area contributed by atoms with E-state index < -0.39 is 5.91 Å². The molecule has 24 heavy (non-hydrogen) atoms. The first kappa shape index (κ1) is 16.5. The second-order valence-corrected chi connectivity index (χ2v) is 6.83. The molecule has 1 aromatic heterocycles. The van der Waals surface area contributed by atoms with Crippen molar-refractivity contribution in [3.8, 4) is 0 Å². The summed E-state index contributed by atoms with van der Waals surface area (Å²) in [6, 6.07) is 7.70. The third-order valence-corrected chi connectivity index (χ3v) is 4.69. The lowest BCUT2D eigenvalue weighted by Gasteiger charge is -2.43. The van der Waals surface area contributed by atoms with Gasteiger partial charge in [0.2, 0.25) is 5.91 Å². The molecule has 3 rings (SSSR count). The van der Waals surface area contributed by atoms with E-state index in [0.717, 1.165) is 29.3 Å². The molecule has 0 unspecified atom stereocenters. The SMILES string of the molecule is NC(=O)Cn1cc(NC(=O)NC2(c3ccc(Br)cc3)CCC2)cn1. The maximum Gasteiger partial charge on any atom is 0.320 e. The summed E-state index contributed by atoms with van der Waals surface area (Å²) in [4.78, 5) is 23.2. The summed E-state index contributed by atoms with van der Waals surface area (Å²) < 4.78 is 2.39. The Balaban J connectivity index is 1.66. The van der Waals surface area contributed by atoms with Crippen molar-refractivity contribution in [3.05, 3.63) is 46.7 Å². The number of aromatic nitrogens is 2. The molecule has 0 saturated heterocycles. The van der Waals surface area contributed by atoms with Gasteiger partial charge in [0.05, 0.1) is 17.4 Å². The highest BCUT2D eigenvalue weighted by atomic mass is 79.9. The van der Waals surface area contributed by atoms with Crippen molar-refractivity contribution in [2.75, 3.05) is 5.32 Å². The lowest BCUT2D eigenvalue weighted by Crippen LogP contribution is -2.52. The van der Waals surface area contributed by atoms with Gasteiger partial charge in [-0.25, -0.2) is 4.79 Å². The summed E-state index contributed by atoms with van der Waals surface area (Å²) in [6.45, 7) is -0.0217. The lowest BCUT2D eigenvalue weighted by molar-refractivity contribution is -0.118. The third-order valence-electron chi connectivity index (χ3n) is 4.17. The average molecular weight is 392 g/mol. The van der Waals surface area contributed by atoms with E-state index in [1.54, 1.807) is 6.20 Å². The van der Waals surface area contributed by atoms with Crippen molar-refractivity contribution in [2.24, 2.45) is 5.73 Å². The highest BCUT2D eigenvalue weighted by Crippen LogP contribution is 2.41. The third kappa shape index (κ3) is 3.59. The Morgan fingerprint density at radius 2 is 2.00 bits per heavy atom. The van der Waals surface area contributed by atoms with Crippen LogP contribution < -0.4 is 16.4 Å². The predicted molar refractivity (Wildman–Crippen MR) is 93.2 cm³/mol. The van der Waals surface area contributed by atoms with Crippen LogP contribution in [0.5, 0.6) is 0 Å². The number of nitrogens with two attached hydrogens (primary N) is 1. The Kier molecular flexibility index (Phi) is 4.57. The normalized spacial score (nSPS) is 15.4. The minimum absolute atomic E-state index is 0.0217. The van der Waals surface area contributed by atoms with Crippen LogP contribution in [0.25, 0.3) is 0 Å². The van der Waals surface area contributed by atoms with Gasteiger partial charge in [0, 0.05) is 10.7 Å². The van der Waals surface area contributed by atoms with Gasteiger partial charge in [0.25, 0.3) is 0 Å². The fourth-order valence-corrected chi connectivity index (χ4v) is 3.10. The van der Waals surface area contributed by atoms with Crippen molar-refractivity contribution in [1.82, 2.24) is 15.1 Å². The van der Waals surface area contributed by atoms with Crippen LogP contribution in [-0.4, -0.2) is 21.7 Å². The number of benzene rings is 1. The van der Waals surface area contributed by atoms with E-state index in [-0.39, 0.29) is 18.1 Å². The number of nitrogens with one attached hydrogen (secondary N) is 2. The fourth-order valence-electron chi connectivity index (χ4n) is 2.84. The van der Waals surface area contributed by atoms with Crippen molar-refractivity contribution in [2.45, 2.75) is 31.3 Å². The Bertz CT molecular complexity index is 752. The van der Waals surface area contributed by atoms with E-state index in [9.17, 15) is 9.59 Å². The summed E-state index contributed by atoms with van der Waals surface area (Å²) in [5.41, 5.74) is 6.40. The summed E-state index contributed by atoms with van der Waals surface area (Å²) >= 11 is 3.42. The van der Waals surface area contributed by atoms with Crippen LogP contribution in [-0.2, 0) is 16.9 Å². The topological polar surface area (TPSA) is 102 Å². The summed E-state index contributed by atoms with van der Waals surface area (Å²) in [5.74, 6) is -0.488. The van der Waals surface area contributed by atoms with Gasteiger partial charge in [-0.1, -0.05) is 28.1 Å². The Labute approximate surface area is 147 Å². The van der Waals surface area contributed by atoms with E-state index in [1.165, 1.54) is 10.9 Å². The van der Waals surface area contributed by atoms with E-state index >= 15 is 0 Å². The monoisotopic (exact) mass is 391 g/mol. The number of rotatable bonds is 5. The summed E-state index contributed by atoms with van der Waals surface area (Å²) in [6.07, 6.45) is 5.94. The standard InChI is InChI=1S/C16H18BrN5O2/c17-12-4-2-11(3-5-12)16(6-1-7-16)21-15(24)20-13-8-19-22(9-13)10-14(18)23/h2-5,8-9H,1,6-7,10H2,(H2,18,23)(H2,20,21,24). The van der Waals surface area contributed by atoms with Crippen molar-refractivity contribution < 1.29 is 9.59 Å². The van der Waals surface area contributed by atoms with E-state index in [1.807, 2.05) is 24.3 Å². The zero-order valence-electron chi connectivity index (χ0n) is 13.0. The molecule has 0 radical (unpaired) electrons. The predicted octanol–water partition coefficient (Wildman–Crippen LogP) is 2.33. The smallest absolute Gasteiger partial charge is 0.320 e. The molecule has 4 N–H and O–H groups in total. The summed E-state index contributed by atoms with van der Waals surface area (Å²) in [5, 5.41) is 9.79. The maximum atomic E-state index is 12.3. The number of carbonyl (C=O) groups is 2. The zero-order chi connectivity index (χ0) is 17.2. The van der Waals surface area contributed by atoms with Crippen LogP contribution >= 0.6 is 15.9 Å². The van der Waals surface area contributed by atoms with Gasteiger partial charge >= 0.3 is 6.03 Å². The van der Waals surface area contributed by atoms with Gasteiger partial charge in [-0.15, -0.1) is 0 Å². The molecule has 1 aliphatic carbocycles. The van der Waals surface area contributed by atoms with Crippen LogP contribution in [0.3, 0.4) is 0 Å². The van der Waals surface area contributed by atoms with Crippen molar-refractivity contribution in [1.29, 1.82) is 0 Å². The van der Waals surface area contributed by atoms with E-state index in [0.29, 0.717) is 5.69 Å². The fraction of sp³-hybridized carbons (Fsp3) is 0.312. The van der Waals surface area contributed by atoms with Crippen LogP contribution in [0.15, 0.2) is 41.1 Å². The number of hydrogen-bond donors (Lipinski definition) is 3. The molecule has 0 bridgehead atoms. The van der Waals surface area contributed by atoms with Crippen molar-refractivity contribution >= 4 is 33.6 Å². The molecule has 1 aromatic carbocycles. The number of carbonyl (C=O) groups excluding carboxylic acids is 2. The van der Waals surface area contributed by atoms with Gasteiger partial charge < -0.3 is 16.4 Å². The molecule has 0 atom stereocenters. The Morgan fingerprint density at radius 1 is 1.29 bits per heavy atom. The number of amides is 3. The van der Waals surface area contributed by atoms with Gasteiger partial charge in [0.15, 0.2) is 0 Å². The maximum absolute atomic E-state index is 12.3. The van der Waals surface area contributed by atoms with Gasteiger partial charge in [-0.3, -0.25) is 9.48 Å². The zero-order valence-corrected chi connectivity index (χ0v) is 14.5. The number of halogens is 1. The second kappa shape index (κ2) is 6.64. The molecule has 1 saturated carbocycles. The molecular formula is C16H18BrN5O2. The van der Waals surface area contributed by atoms with Crippen LogP contribution in [0.2, 0.25) is 0 Å². The van der Waals surface area contributed by atoms with Crippen molar-refractivity contribution in [3.63, 3.8) is 0 Å². The molecule has 0 aliphatic heterocycles. The first-order chi connectivity index (χ1) is 11.5.